The fourth-order valence-electron chi connectivity index (χ4n) is 2.98. The fourth-order valence-corrected chi connectivity index (χ4v) is 3.95. The lowest BCUT2D eigenvalue weighted by molar-refractivity contribution is -0.132. The Labute approximate surface area is 148 Å². The van der Waals surface area contributed by atoms with Crippen molar-refractivity contribution in [2.24, 2.45) is 0 Å². The van der Waals surface area contributed by atoms with Gasteiger partial charge in [0.05, 0.1) is 5.25 Å². The van der Waals surface area contributed by atoms with Crippen LogP contribution in [0.2, 0.25) is 0 Å². The second-order valence-corrected chi connectivity index (χ2v) is 7.57. The lowest BCUT2D eigenvalue weighted by Gasteiger charge is -2.35. The van der Waals surface area contributed by atoms with E-state index in [4.69, 9.17) is 0 Å². The van der Waals surface area contributed by atoms with Crippen LogP contribution >= 0.6 is 11.8 Å². The number of thioether (sulfide) groups is 1. The first kappa shape index (κ1) is 17.1. The zero-order valence-electron chi connectivity index (χ0n) is 14.1. The highest BCUT2D eigenvalue weighted by molar-refractivity contribution is 8.00. The van der Waals surface area contributed by atoms with Crippen LogP contribution in [0.1, 0.15) is 12.5 Å². The minimum atomic E-state index is -0.0342. The van der Waals surface area contributed by atoms with E-state index in [1.54, 1.807) is 11.8 Å². The zero-order valence-corrected chi connectivity index (χ0v) is 14.9. The maximum atomic E-state index is 12.7. The molecule has 2 aromatic carbocycles. The maximum absolute atomic E-state index is 12.7. The van der Waals surface area contributed by atoms with Crippen molar-refractivity contribution >= 4 is 17.7 Å². The summed E-state index contributed by atoms with van der Waals surface area (Å²) in [6, 6.07) is 20.7. The van der Waals surface area contributed by atoms with E-state index >= 15 is 0 Å². The Morgan fingerprint density at radius 3 is 2.17 bits per heavy atom. The average Bonchev–Trinajstić information content (AvgIpc) is 2.63. The van der Waals surface area contributed by atoms with E-state index < -0.39 is 0 Å². The molecule has 24 heavy (non-hydrogen) atoms. The summed E-state index contributed by atoms with van der Waals surface area (Å²) in [5.41, 5.74) is 1.34. The second kappa shape index (κ2) is 8.36. The molecule has 0 aliphatic carbocycles. The largest absolute Gasteiger partial charge is 0.339 e. The molecule has 0 saturated carbocycles. The Morgan fingerprint density at radius 1 is 0.958 bits per heavy atom. The summed E-state index contributed by atoms with van der Waals surface area (Å²) in [6.07, 6.45) is 0. The Bertz CT molecular complexity index is 639. The molecule has 3 nitrogen and oxygen atoms in total. The lowest BCUT2D eigenvalue weighted by atomic mass is 10.2. The summed E-state index contributed by atoms with van der Waals surface area (Å²) < 4.78 is 0. The van der Waals surface area contributed by atoms with Crippen LogP contribution in [0.25, 0.3) is 0 Å². The highest BCUT2D eigenvalue weighted by Gasteiger charge is 2.25. The third-order valence-electron chi connectivity index (χ3n) is 4.34. The number of benzene rings is 2. The molecule has 1 unspecified atom stereocenters. The number of amides is 1. The van der Waals surface area contributed by atoms with E-state index in [9.17, 15) is 4.79 Å². The van der Waals surface area contributed by atoms with Gasteiger partial charge in [0.15, 0.2) is 0 Å². The molecule has 0 bridgehead atoms. The fraction of sp³-hybridized carbons (Fsp3) is 0.350. The van der Waals surface area contributed by atoms with E-state index in [-0.39, 0.29) is 11.2 Å². The van der Waals surface area contributed by atoms with Gasteiger partial charge < -0.3 is 4.90 Å². The van der Waals surface area contributed by atoms with Crippen molar-refractivity contribution in [3.8, 4) is 0 Å². The van der Waals surface area contributed by atoms with Crippen molar-refractivity contribution in [1.82, 2.24) is 9.80 Å². The van der Waals surface area contributed by atoms with Crippen LogP contribution in [0.5, 0.6) is 0 Å². The number of carbonyl (C=O) groups excluding carboxylic acids is 1. The molecule has 1 fully saturated rings. The minimum absolute atomic E-state index is 0.0342. The van der Waals surface area contributed by atoms with Crippen molar-refractivity contribution < 1.29 is 4.79 Å². The van der Waals surface area contributed by atoms with Gasteiger partial charge in [0.1, 0.15) is 0 Å². The first-order valence-corrected chi connectivity index (χ1v) is 9.37. The van der Waals surface area contributed by atoms with Gasteiger partial charge in [0, 0.05) is 37.6 Å². The van der Waals surface area contributed by atoms with Gasteiger partial charge in [-0.1, -0.05) is 48.5 Å². The van der Waals surface area contributed by atoms with Gasteiger partial charge in [0.25, 0.3) is 0 Å². The van der Waals surface area contributed by atoms with Gasteiger partial charge >= 0.3 is 0 Å². The van der Waals surface area contributed by atoms with Gasteiger partial charge in [0.2, 0.25) is 5.91 Å². The predicted molar refractivity (Wildman–Crippen MR) is 100 cm³/mol. The SMILES string of the molecule is CC(Sc1ccccc1)C(=O)N1CCN(Cc2ccccc2)CC1. The summed E-state index contributed by atoms with van der Waals surface area (Å²) in [6.45, 7) is 6.52. The first-order chi connectivity index (χ1) is 11.7. The molecule has 4 heteroatoms. The number of nitrogens with zero attached hydrogens (tertiary/aromatic N) is 2. The molecule has 0 spiro atoms. The van der Waals surface area contributed by atoms with E-state index in [2.05, 4.69) is 41.3 Å². The molecule has 0 radical (unpaired) electrons. The van der Waals surface area contributed by atoms with E-state index in [1.165, 1.54) is 5.56 Å². The van der Waals surface area contributed by atoms with Gasteiger partial charge in [-0.15, -0.1) is 11.8 Å². The molecule has 1 aliphatic heterocycles. The molecular formula is C20H24N2OS. The smallest absolute Gasteiger partial charge is 0.235 e. The van der Waals surface area contributed by atoms with Crippen LogP contribution in [0.3, 0.4) is 0 Å². The summed E-state index contributed by atoms with van der Waals surface area (Å²) >= 11 is 1.64. The number of hydrogen-bond acceptors (Lipinski definition) is 3. The molecule has 1 saturated heterocycles. The van der Waals surface area contributed by atoms with Crippen LogP contribution in [0.4, 0.5) is 0 Å². The zero-order chi connectivity index (χ0) is 16.8. The molecule has 1 atom stereocenters. The van der Waals surface area contributed by atoms with E-state index in [0.717, 1.165) is 37.6 Å². The summed E-state index contributed by atoms with van der Waals surface area (Å²) in [7, 11) is 0. The number of hydrogen-bond donors (Lipinski definition) is 0. The standard InChI is InChI=1S/C20H24N2OS/c1-17(24-19-10-6-3-7-11-19)20(23)22-14-12-21(13-15-22)16-18-8-4-2-5-9-18/h2-11,17H,12-16H2,1H3. The van der Waals surface area contributed by atoms with Crippen molar-refractivity contribution in [2.75, 3.05) is 26.2 Å². The molecule has 3 rings (SSSR count). The van der Waals surface area contributed by atoms with Gasteiger partial charge in [-0.25, -0.2) is 0 Å². The third-order valence-corrected chi connectivity index (χ3v) is 5.44. The number of piperazine rings is 1. The van der Waals surface area contributed by atoms with Crippen molar-refractivity contribution in [2.45, 2.75) is 23.6 Å². The lowest BCUT2D eigenvalue weighted by Crippen LogP contribution is -2.50. The van der Waals surface area contributed by atoms with E-state index in [0.29, 0.717) is 0 Å². The average molecular weight is 340 g/mol. The van der Waals surface area contributed by atoms with Crippen molar-refractivity contribution in [3.05, 3.63) is 66.2 Å². The highest BCUT2D eigenvalue weighted by Crippen LogP contribution is 2.24. The molecule has 1 aliphatic rings. The number of rotatable bonds is 5. The van der Waals surface area contributed by atoms with Crippen molar-refractivity contribution in [1.29, 1.82) is 0 Å². The normalized spacial score (nSPS) is 16.8. The molecule has 1 amide bonds. The molecular weight excluding hydrogens is 316 g/mol. The van der Waals surface area contributed by atoms with Crippen molar-refractivity contribution in [3.63, 3.8) is 0 Å². The summed E-state index contributed by atoms with van der Waals surface area (Å²) in [5.74, 6) is 0.253. The van der Waals surface area contributed by atoms with Crippen LogP contribution in [-0.2, 0) is 11.3 Å². The monoisotopic (exact) mass is 340 g/mol. The van der Waals surface area contributed by atoms with E-state index in [1.807, 2.05) is 36.1 Å². The first-order valence-electron chi connectivity index (χ1n) is 8.49. The maximum Gasteiger partial charge on any atom is 0.235 e. The molecule has 1 heterocycles. The van der Waals surface area contributed by atoms with Crippen LogP contribution in [0, 0.1) is 0 Å². The summed E-state index contributed by atoms with van der Waals surface area (Å²) in [5, 5.41) is -0.0342. The van der Waals surface area contributed by atoms with Gasteiger partial charge in [-0.2, -0.15) is 0 Å². The third kappa shape index (κ3) is 4.62. The van der Waals surface area contributed by atoms with Gasteiger partial charge in [-0.3, -0.25) is 9.69 Å². The quantitative estimate of drug-likeness (QED) is 0.778. The predicted octanol–water partition coefficient (Wildman–Crippen LogP) is 3.51. The second-order valence-electron chi connectivity index (χ2n) is 6.16. The molecule has 2 aromatic rings. The summed E-state index contributed by atoms with van der Waals surface area (Å²) in [4.78, 5) is 18.2. The molecule has 0 aromatic heterocycles. The van der Waals surface area contributed by atoms with Gasteiger partial charge in [-0.05, 0) is 24.6 Å². The Kier molecular flexibility index (Phi) is 5.94. The van der Waals surface area contributed by atoms with Crippen LogP contribution < -0.4 is 0 Å². The molecule has 0 N–H and O–H groups in total. The Morgan fingerprint density at radius 2 is 1.54 bits per heavy atom. The number of carbonyl (C=O) groups is 1. The Hall–Kier alpha value is -1.78. The Balaban J connectivity index is 1.48. The minimum Gasteiger partial charge on any atom is -0.339 e. The highest BCUT2D eigenvalue weighted by atomic mass is 32.2. The van der Waals surface area contributed by atoms with Crippen LogP contribution in [0.15, 0.2) is 65.6 Å². The topological polar surface area (TPSA) is 23.6 Å². The molecule has 126 valence electrons. The van der Waals surface area contributed by atoms with Crippen LogP contribution in [-0.4, -0.2) is 47.1 Å².